The maximum atomic E-state index is 12.8. The number of nitrogens with zero attached hydrogens (tertiary/aromatic N) is 1. The van der Waals surface area contributed by atoms with E-state index in [0.29, 0.717) is 13.0 Å². The lowest BCUT2D eigenvalue weighted by atomic mass is 10.0. The number of guanidine groups is 1. The van der Waals surface area contributed by atoms with Crippen molar-refractivity contribution in [1.29, 1.82) is 0 Å². The van der Waals surface area contributed by atoms with Crippen molar-refractivity contribution in [1.82, 2.24) is 10.0 Å². The number of nitrogens with one attached hydrogen (secondary N) is 2. The quantitative estimate of drug-likeness (QED) is 0.0952. The first-order valence-corrected chi connectivity index (χ1v) is 13.7. The van der Waals surface area contributed by atoms with Crippen molar-refractivity contribution >= 4 is 27.9 Å². The third kappa shape index (κ3) is 7.85. The molecule has 0 aromatic heterocycles. The lowest BCUT2D eigenvalue weighted by Crippen LogP contribution is -2.43. The van der Waals surface area contributed by atoms with Crippen molar-refractivity contribution < 1.29 is 37.3 Å². The van der Waals surface area contributed by atoms with Gasteiger partial charge < -0.3 is 41.8 Å². The van der Waals surface area contributed by atoms with Crippen LogP contribution in [-0.4, -0.2) is 80.7 Å². The van der Waals surface area contributed by atoms with Gasteiger partial charge in [0.25, 0.3) is 0 Å². The molecule has 0 unspecified atom stereocenters. The summed E-state index contributed by atoms with van der Waals surface area (Å²) in [7, 11) is -3.85. The number of aliphatic carboxylic acids is 1. The molecule has 1 aromatic carbocycles. The number of rotatable bonds is 13. The van der Waals surface area contributed by atoms with E-state index in [9.17, 15) is 23.1 Å². The topological polar surface area (TPSA) is 231 Å². The molecule has 212 valence electrons. The number of carbonyl (C=O) groups excluding carboxylic acids is 1. The highest BCUT2D eigenvalue weighted by Gasteiger charge is 2.55. The summed E-state index contributed by atoms with van der Waals surface area (Å²) in [5, 5.41) is 12.0. The summed E-state index contributed by atoms with van der Waals surface area (Å²) in [5.41, 5.74) is 16.9. The highest BCUT2D eigenvalue weighted by Crippen LogP contribution is 2.39. The van der Waals surface area contributed by atoms with Gasteiger partial charge in [-0.1, -0.05) is 12.1 Å². The van der Waals surface area contributed by atoms with Crippen LogP contribution in [-0.2, 0) is 40.4 Å². The van der Waals surface area contributed by atoms with Gasteiger partial charge in [-0.05, 0) is 44.4 Å². The van der Waals surface area contributed by atoms with Crippen LogP contribution in [0.1, 0.15) is 38.7 Å². The number of carboxylic acids is 1. The van der Waals surface area contributed by atoms with E-state index in [4.69, 9.17) is 31.4 Å². The molecule has 2 aliphatic heterocycles. The number of fused-ring (bicyclic) bond motifs is 1. The van der Waals surface area contributed by atoms with Gasteiger partial charge >= 0.3 is 5.97 Å². The van der Waals surface area contributed by atoms with E-state index >= 15 is 0 Å². The van der Waals surface area contributed by atoms with Gasteiger partial charge in [-0.2, -0.15) is 0 Å². The van der Waals surface area contributed by atoms with Crippen LogP contribution in [0.2, 0.25) is 0 Å². The Balaban J connectivity index is 1.62. The SMILES string of the molecule is CC1(C)O[C@@H]2[C@H](O1)[C@@H](CNS(=O)(=O)c1ccc(CN)cc1)O[C@@H]2CC(=O)N[C@@H](CCCN=C(N)N)C(=O)O. The molecular formula is C23H36N6O8S. The van der Waals surface area contributed by atoms with Gasteiger partial charge in [0.1, 0.15) is 24.4 Å². The lowest BCUT2D eigenvalue weighted by molar-refractivity contribution is -0.187. The molecule has 9 N–H and O–H groups in total. The van der Waals surface area contributed by atoms with Gasteiger partial charge in [0.15, 0.2) is 11.7 Å². The predicted octanol–water partition coefficient (Wildman–Crippen LogP) is -1.28. The Hall–Kier alpha value is -2.82. The van der Waals surface area contributed by atoms with Gasteiger partial charge in [0.05, 0.1) is 17.4 Å². The molecule has 0 aliphatic carbocycles. The first-order valence-electron chi connectivity index (χ1n) is 12.2. The molecule has 0 saturated carbocycles. The van der Waals surface area contributed by atoms with Crippen molar-refractivity contribution in [2.45, 2.75) is 80.8 Å². The van der Waals surface area contributed by atoms with E-state index in [1.165, 1.54) is 12.1 Å². The van der Waals surface area contributed by atoms with Crippen LogP contribution in [0, 0.1) is 0 Å². The third-order valence-electron chi connectivity index (χ3n) is 6.16. The smallest absolute Gasteiger partial charge is 0.326 e. The number of sulfonamides is 1. The lowest BCUT2D eigenvalue weighted by Gasteiger charge is -2.24. The van der Waals surface area contributed by atoms with Gasteiger partial charge in [-0.15, -0.1) is 0 Å². The Morgan fingerprint density at radius 2 is 1.76 bits per heavy atom. The van der Waals surface area contributed by atoms with Gasteiger partial charge in [-0.25, -0.2) is 17.9 Å². The summed E-state index contributed by atoms with van der Waals surface area (Å²) in [5.74, 6) is -2.83. The highest BCUT2D eigenvalue weighted by molar-refractivity contribution is 7.89. The summed E-state index contributed by atoms with van der Waals surface area (Å²) < 4.78 is 46.0. The summed E-state index contributed by atoms with van der Waals surface area (Å²) in [6, 6.07) is 5.05. The highest BCUT2D eigenvalue weighted by atomic mass is 32.2. The zero-order chi connectivity index (χ0) is 28.1. The minimum Gasteiger partial charge on any atom is -0.480 e. The zero-order valence-corrected chi connectivity index (χ0v) is 22.1. The van der Waals surface area contributed by atoms with E-state index in [1.54, 1.807) is 26.0 Å². The minimum absolute atomic E-state index is 0.0728. The van der Waals surface area contributed by atoms with Crippen molar-refractivity contribution in [2.75, 3.05) is 13.1 Å². The van der Waals surface area contributed by atoms with Crippen LogP contribution >= 0.6 is 0 Å². The van der Waals surface area contributed by atoms with Gasteiger partial charge in [0, 0.05) is 19.6 Å². The Morgan fingerprint density at radius 1 is 1.13 bits per heavy atom. The number of hydrogen-bond acceptors (Lipinski definition) is 9. The van der Waals surface area contributed by atoms with Crippen LogP contribution in [0.15, 0.2) is 34.2 Å². The number of carbonyl (C=O) groups is 2. The maximum Gasteiger partial charge on any atom is 0.326 e. The largest absolute Gasteiger partial charge is 0.480 e. The second-order valence-corrected chi connectivity index (χ2v) is 11.4. The standard InChI is InChI=1S/C23H36N6O8S/c1-23(2)36-19-16(10-18(30)29-15(21(31)32)4-3-9-27-22(25)26)35-17(20(19)37-23)12-28-38(33,34)14-7-5-13(11-24)6-8-14/h5-8,15-17,19-20,28H,3-4,9-12,24H2,1-2H3,(H,29,30)(H,31,32)(H4,25,26,27)/t15-,16+,17+,19-,20+/m0/s1. The molecule has 2 heterocycles. The summed E-state index contributed by atoms with van der Waals surface area (Å²) >= 11 is 0. The first kappa shape index (κ1) is 29.7. The average Bonchev–Trinajstić information content (AvgIpc) is 3.32. The van der Waals surface area contributed by atoms with Crippen LogP contribution in [0.25, 0.3) is 0 Å². The fourth-order valence-electron chi connectivity index (χ4n) is 4.38. The fraction of sp³-hybridized carbons (Fsp3) is 0.609. The first-order chi connectivity index (χ1) is 17.8. The Labute approximate surface area is 221 Å². The number of carboxylic acid groups (broad SMARTS) is 1. The van der Waals surface area contributed by atoms with Crippen LogP contribution in [0.4, 0.5) is 0 Å². The predicted molar refractivity (Wildman–Crippen MR) is 136 cm³/mol. The van der Waals surface area contributed by atoms with Crippen LogP contribution in [0.3, 0.4) is 0 Å². The summed E-state index contributed by atoms with van der Waals surface area (Å²) in [4.78, 5) is 28.2. The van der Waals surface area contributed by atoms with Gasteiger partial charge in [-0.3, -0.25) is 9.79 Å². The molecule has 0 bridgehead atoms. The van der Waals surface area contributed by atoms with Crippen LogP contribution < -0.4 is 27.2 Å². The van der Waals surface area contributed by atoms with Crippen molar-refractivity contribution in [2.24, 2.45) is 22.2 Å². The van der Waals surface area contributed by atoms with E-state index in [0.717, 1.165) is 5.56 Å². The number of nitrogens with two attached hydrogens (primary N) is 3. The van der Waals surface area contributed by atoms with E-state index in [1.807, 2.05) is 0 Å². The molecule has 3 rings (SSSR count). The number of hydrogen-bond donors (Lipinski definition) is 6. The van der Waals surface area contributed by atoms with Crippen molar-refractivity contribution in [3.63, 3.8) is 0 Å². The van der Waals surface area contributed by atoms with Gasteiger partial charge in [0.2, 0.25) is 15.9 Å². The molecule has 2 fully saturated rings. The molecule has 2 saturated heterocycles. The number of benzene rings is 1. The third-order valence-corrected chi connectivity index (χ3v) is 7.59. The second kappa shape index (κ2) is 12.4. The molecule has 38 heavy (non-hydrogen) atoms. The maximum absolute atomic E-state index is 12.8. The molecule has 15 heteroatoms. The van der Waals surface area contributed by atoms with E-state index < -0.39 is 58.1 Å². The molecule has 0 radical (unpaired) electrons. The molecule has 14 nitrogen and oxygen atoms in total. The minimum atomic E-state index is -3.85. The molecule has 0 spiro atoms. The number of aliphatic imine (C=N–C) groups is 1. The zero-order valence-electron chi connectivity index (χ0n) is 21.3. The van der Waals surface area contributed by atoms with Crippen molar-refractivity contribution in [3.05, 3.63) is 29.8 Å². The molecule has 2 aliphatic rings. The number of ether oxygens (including phenoxy) is 3. The van der Waals surface area contributed by atoms with Crippen LogP contribution in [0.5, 0.6) is 0 Å². The molecule has 1 aromatic rings. The van der Waals surface area contributed by atoms with E-state index in [2.05, 4.69) is 15.0 Å². The molecular weight excluding hydrogens is 520 g/mol. The Kier molecular flexibility index (Phi) is 9.67. The number of amides is 1. The average molecular weight is 557 g/mol. The fourth-order valence-corrected chi connectivity index (χ4v) is 5.42. The Bertz CT molecular complexity index is 1120. The van der Waals surface area contributed by atoms with E-state index in [-0.39, 0.29) is 36.8 Å². The summed E-state index contributed by atoms with van der Waals surface area (Å²) in [6.07, 6.45) is -2.55. The van der Waals surface area contributed by atoms with Crippen molar-refractivity contribution in [3.8, 4) is 0 Å². The Morgan fingerprint density at radius 3 is 2.34 bits per heavy atom. The normalized spacial score (nSPS) is 24.9. The summed E-state index contributed by atoms with van der Waals surface area (Å²) in [6.45, 7) is 3.81. The second-order valence-electron chi connectivity index (χ2n) is 9.59. The molecule has 5 atom stereocenters. The monoisotopic (exact) mass is 556 g/mol. The molecule has 1 amide bonds.